The van der Waals surface area contributed by atoms with E-state index in [0.29, 0.717) is 0 Å². The van der Waals surface area contributed by atoms with Gasteiger partial charge in [0.15, 0.2) is 0 Å². The summed E-state index contributed by atoms with van der Waals surface area (Å²) in [6, 6.07) is 6.04. The molecule has 0 spiro atoms. The Kier molecular flexibility index (Phi) is 3.19. The van der Waals surface area contributed by atoms with E-state index in [1.807, 2.05) is 7.05 Å². The Bertz CT molecular complexity index is 501. The van der Waals surface area contributed by atoms with E-state index in [2.05, 4.69) is 28.0 Å². The molecule has 1 unspecified atom stereocenters. The summed E-state index contributed by atoms with van der Waals surface area (Å²) in [5, 5.41) is 0. The molecule has 0 radical (unpaired) electrons. The molecule has 0 bridgehead atoms. The molecule has 2 aliphatic rings. The lowest BCUT2D eigenvalue weighted by Gasteiger charge is -2.31. The van der Waals surface area contributed by atoms with E-state index in [4.69, 9.17) is 4.74 Å². The van der Waals surface area contributed by atoms with Gasteiger partial charge in [0.05, 0.1) is 7.11 Å². The first-order chi connectivity index (χ1) is 9.22. The maximum Gasteiger partial charge on any atom is 0.327 e. The van der Waals surface area contributed by atoms with Gasteiger partial charge in [-0.05, 0) is 25.5 Å². The fourth-order valence-electron chi connectivity index (χ4n) is 3.28. The molecule has 0 aromatic heterocycles. The van der Waals surface area contributed by atoms with Gasteiger partial charge in [0, 0.05) is 30.9 Å². The molecule has 1 aromatic carbocycles. The van der Waals surface area contributed by atoms with Crippen molar-refractivity contribution in [3.05, 3.63) is 29.3 Å². The highest BCUT2D eigenvalue weighted by Crippen LogP contribution is 2.38. The quantitative estimate of drug-likeness (QED) is 0.718. The van der Waals surface area contributed by atoms with Gasteiger partial charge in [0.25, 0.3) is 0 Å². The van der Waals surface area contributed by atoms with Crippen LogP contribution in [0.3, 0.4) is 0 Å². The van der Waals surface area contributed by atoms with E-state index in [9.17, 15) is 4.79 Å². The number of hydrogen-bond acceptors (Lipinski definition) is 4. The minimum absolute atomic E-state index is 0.164. The number of ether oxygens (including phenoxy) is 1. The third-order valence-corrected chi connectivity index (χ3v) is 4.22. The van der Waals surface area contributed by atoms with E-state index in [1.54, 1.807) is 0 Å². The molecule has 0 N–H and O–H groups in total. The number of nitrogens with zero attached hydrogens (tertiary/aromatic N) is 2. The lowest BCUT2D eigenvalue weighted by Crippen LogP contribution is -2.35. The molecule has 102 valence electrons. The van der Waals surface area contributed by atoms with Gasteiger partial charge >= 0.3 is 5.97 Å². The normalized spacial score (nSPS) is 22.6. The van der Waals surface area contributed by atoms with Gasteiger partial charge in [-0.25, -0.2) is 4.79 Å². The molecule has 3 rings (SSSR count). The zero-order chi connectivity index (χ0) is 13.4. The van der Waals surface area contributed by atoms with Crippen LogP contribution in [0.1, 0.15) is 23.6 Å². The lowest BCUT2D eigenvalue weighted by atomic mass is 9.94. The molecule has 1 aromatic rings. The smallest absolute Gasteiger partial charge is 0.327 e. The number of para-hydroxylation sites is 1. The number of esters is 1. The highest BCUT2D eigenvalue weighted by molar-refractivity contribution is 5.81. The number of anilines is 1. The third-order valence-electron chi connectivity index (χ3n) is 4.22. The topological polar surface area (TPSA) is 32.8 Å². The number of hydrogen-bond donors (Lipinski definition) is 0. The van der Waals surface area contributed by atoms with Crippen molar-refractivity contribution in [3.63, 3.8) is 0 Å². The number of carbonyl (C=O) groups excluding carboxylic acids is 1. The standard InChI is InChI=1S/C15H20N2O2/c1-16-9-10-17-8-4-6-11-5-3-7-12(13(11)17)14(16)15(18)19-2/h3,5,7,14H,4,6,8-10H2,1-2H3. The number of methoxy groups -OCH3 is 1. The molecule has 2 aliphatic heterocycles. The van der Waals surface area contributed by atoms with E-state index >= 15 is 0 Å². The summed E-state index contributed by atoms with van der Waals surface area (Å²) in [5.41, 5.74) is 3.74. The summed E-state index contributed by atoms with van der Waals surface area (Å²) >= 11 is 0. The molecule has 0 amide bonds. The van der Waals surface area contributed by atoms with E-state index < -0.39 is 0 Å². The van der Waals surface area contributed by atoms with Crippen LogP contribution in [-0.2, 0) is 16.0 Å². The zero-order valence-electron chi connectivity index (χ0n) is 11.6. The maximum absolute atomic E-state index is 12.1. The van der Waals surface area contributed by atoms with Crippen molar-refractivity contribution < 1.29 is 9.53 Å². The first-order valence-electron chi connectivity index (χ1n) is 6.87. The Morgan fingerprint density at radius 2 is 2.16 bits per heavy atom. The van der Waals surface area contributed by atoms with Crippen molar-refractivity contribution in [2.45, 2.75) is 18.9 Å². The second-order valence-corrected chi connectivity index (χ2v) is 5.35. The second-order valence-electron chi connectivity index (χ2n) is 5.35. The average molecular weight is 260 g/mol. The Balaban J connectivity index is 2.14. The largest absolute Gasteiger partial charge is 0.468 e. The zero-order valence-corrected chi connectivity index (χ0v) is 11.6. The Morgan fingerprint density at radius 3 is 2.95 bits per heavy atom. The van der Waals surface area contributed by atoms with Crippen LogP contribution >= 0.6 is 0 Å². The highest BCUT2D eigenvalue weighted by Gasteiger charge is 2.34. The van der Waals surface area contributed by atoms with Crippen molar-refractivity contribution in [2.24, 2.45) is 0 Å². The van der Waals surface area contributed by atoms with Gasteiger partial charge < -0.3 is 9.64 Å². The Labute approximate surface area is 113 Å². The van der Waals surface area contributed by atoms with Crippen molar-refractivity contribution >= 4 is 11.7 Å². The minimum Gasteiger partial charge on any atom is -0.468 e. The van der Waals surface area contributed by atoms with Gasteiger partial charge in [0.2, 0.25) is 0 Å². The molecule has 0 aliphatic carbocycles. The molecule has 19 heavy (non-hydrogen) atoms. The number of aryl methyl sites for hydroxylation is 1. The summed E-state index contributed by atoms with van der Waals surface area (Å²) in [4.78, 5) is 16.7. The maximum atomic E-state index is 12.1. The van der Waals surface area contributed by atoms with E-state index in [0.717, 1.165) is 31.6 Å². The van der Waals surface area contributed by atoms with Crippen LogP contribution in [-0.4, -0.2) is 44.7 Å². The average Bonchev–Trinajstić information content (AvgIpc) is 2.58. The summed E-state index contributed by atoms with van der Waals surface area (Å²) in [5.74, 6) is -0.164. The first-order valence-corrected chi connectivity index (χ1v) is 6.87. The van der Waals surface area contributed by atoms with Crippen molar-refractivity contribution in [2.75, 3.05) is 38.7 Å². The van der Waals surface area contributed by atoms with E-state index in [1.165, 1.54) is 24.8 Å². The van der Waals surface area contributed by atoms with Gasteiger partial charge in [-0.15, -0.1) is 0 Å². The van der Waals surface area contributed by atoms with Crippen LogP contribution in [0.25, 0.3) is 0 Å². The Hall–Kier alpha value is -1.55. The predicted octanol–water partition coefficient (Wildman–Crippen LogP) is 1.60. The molecular formula is C15H20N2O2. The summed E-state index contributed by atoms with van der Waals surface area (Å²) < 4.78 is 5.00. The molecule has 0 fully saturated rings. The van der Waals surface area contributed by atoms with Crippen molar-refractivity contribution in [1.82, 2.24) is 4.90 Å². The third kappa shape index (κ3) is 2.00. The molecule has 2 heterocycles. The van der Waals surface area contributed by atoms with E-state index in [-0.39, 0.29) is 12.0 Å². The number of likely N-dealkylation sites (N-methyl/N-ethyl adjacent to an activating group) is 1. The van der Waals surface area contributed by atoms with Gasteiger partial charge in [-0.3, -0.25) is 4.90 Å². The second kappa shape index (κ2) is 4.85. The summed E-state index contributed by atoms with van der Waals surface area (Å²) in [6.07, 6.45) is 2.31. The highest BCUT2D eigenvalue weighted by atomic mass is 16.5. The van der Waals surface area contributed by atoms with Gasteiger partial charge in [-0.2, -0.15) is 0 Å². The van der Waals surface area contributed by atoms with Gasteiger partial charge in [0.1, 0.15) is 6.04 Å². The predicted molar refractivity (Wildman–Crippen MR) is 74.4 cm³/mol. The van der Waals surface area contributed by atoms with Gasteiger partial charge in [-0.1, -0.05) is 18.2 Å². The lowest BCUT2D eigenvalue weighted by molar-refractivity contribution is -0.146. The number of rotatable bonds is 1. The SMILES string of the molecule is COC(=O)C1c2cccc3c2N(CCC3)CCN1C. The van der Waals surface area contributed by atoms with Crippen LogP contribution in [0.15, 0.2) is 18.2 Å². The van der Waals surface area contributed by atoms with Crippen molar-refractivity contribution in [1.29, 1.82) is 0 Å². The van der Waals surface area contributed by atoms with Crippen LogP contribution in [0.5, 0.6) is 0 Å². The summed E-state index contributed by atoms with van der Waals surface area (Å²) in [6.45, 7) is 2.95. The fourth-order valence-corrected chi connectivity index (χ4v) is 3.28. The Morgan fingerprint density at radius 1 is 1.32 bits per heavy atom. The summed E-state index contributed by atoms with van der Waals surface area (Å²) in [7, 11) is 3.47. The van der Waals surface area contributed by atoms with Crippen LogP contribution in [0.4, 0.5) is 5.69 Å². The number of carbonyl (C=O) groups is 1. The molecule has 4 nitrogen and oxygen atoms in total. The first kappa shape index (κ1) is 12.5. The van der Waals surface area contributed by atoms with Crippen LogP contribution in [0, 0.1) is 0 Å². The monoisotopic (exact) mass is 260 g/mol. The molecular weight excluding hydrogens is 240 g/mol. The number of benzene rings is 1. The van der Waals surface area contributed by atoms with Crippen LogP contribution in [0.2, 0.25) is 0 Å². The molecule has 0 saturated carbocycles. The molecule has 0 saturated heterocycles. The fraction of sp³-hybridized carbons (Fsp3) is 0.533. The molecule has 1 atom stereocenters. The van der Waals surface area contributed by atoms with Crippen molar-refractivity contribution in [3.8, 4) is 0 Å². The molecule has 4 heteroatoms. The van der Waals surface area contributed by atoms with Crippen LogP contribution < -0.4 is 4.90 Å². The minimum atomic E-state index is -0.275.